The van der Waals surface area contributed by atoms with Crippen LogP contribution in [0.25, 0.3) is 0 Å². The van der Waals surface area contributed by atoms with Crippen molar-refractivity contribution < 1.29 is 4.79 Å². The molecule has 2 heterocycles. The third kappa shape index (κ3) is 3.14. The van der Waals surface area contributed by atoms with Gasteiger partial charge in [-0.2, -0.15) is 0 Å². The number of likely N-dealkylation sites (N-methyl/N-ethyl adjacent to an activating group) is 1. The minimum absolute atomic E-state index is 0.109. The van der Waals surface area contributed by atoms with Crippen LogP contribution in [-0.4, -0.2) is 53.9 Å². The molecule has 1 fully saturated rings. The van der Waals surface area contributed by atoms with Gasteiger partial charge in [-0.25, -0.2) is 0 Å². The van der Waals surface area contributed by atoms with Gasteiger partial charge in [0.1, 0.15) is 5.41 Å². The van der Waals surface area contributed by atoms with E-state index in [2.05, 4.69) is 35.9 Å². The van der Waals surface area contributed by atoms with Crippen molar-refractivity contribution in [1.29, 1.82) is 0 Å². The maximum Gasteiger partial charge on any atom is 0.239 e. The van der Waals surface area contributed by atoms with Crippen LogP contribution >= 0.6 is 0 Å². The van der Waals surface area contributed by atoms with Gasteiger partial charge in [0.15, 0.2) is 0 Å². The molecule has 1 aromatic heterocycles. The van der Waals surface area contributed by atoms with E-state index in [1.54, 1.807) is 11.1 Å². The van der Waals surface area contributed by atoms with Gasteiger partial charge in [-0.3, -0.25) is 9.78 Å². The molecule has 1 saturated heterocycles. The van der Waals surface area contributed by atoms with Crippen LogP contribution in [0, 0.1) is 5.92 Å². The summed E-state index contributed by atoms with van der Waals surface area (Å²) in [5, 5.41) is 0. The molecule has 2 aromatic rings. The van der Waals surface area contributed by atoms with Crippen LogP contribution in [-0.2, 0) is 10.2 Å². The van der Waals surface area contributed by atoms with Gasteiger partial charge in [0.25, 0.3) is 0 Å². The van der Waals surface area contributed by atoms with E-state index in [1.165, 1.54) is 0 Å². The molecule has 3 rings (SSSR count). The Hall–Kier alpha value is -2.20. The van der Waals surface area contributed by atoms with Crippen molar-refractivity contribution in [3.8, 4) is 0 Å². The van der Waals surface area contributed by atoms with Crippen LogP contribution in [0.3, 0.4) is 0 Å². The lowest BCUT2D eigenvalue weighted by molar-refractivity contribution is -0.135. The molecule has 0 N–H and O–H groups in total. The predicted molar refractivity (Wildman–Crippen MR) is 105 cm³/mol. The second-order valence-electron chi connectivity index (χ2n) is 7.66. The zero-order valence-electron chi connectivity index (χ0n) is 16.2. The number of likely N-dealkylation sites (tertiary alicyclic amines) is 1. The van der Waals surface area contributed by atoms with E-state index in [9.17, 15) is 4.79 Å². The summed E-state index contributed by atoms with van der Waals surface area (Å²) in [6.45, 7) is 6.37. The first-order valence-electron chi connectivity index (χ1n) is 9.40. The maximum absolute atomic E-state index is 13.7. The summed E-state index contributed by atoms with van der Waals surface area (Å²) in [6.07, 6.45) is 2.79. The minimum atomic E-state index is -0.754. The van der Waals surface area contributed by atoms with Gasteiger partial charge in [-0.1, -0.05) is 36.4 Å². The van der Waals surface area contributed by atoms with E-state index < -0.39 is 5.41 Å². The fraction of sp³-hybridized carbons (Fsp3) is 0.455. The van der Waals surface area contributed by atoms with E-state index in [-0.39, 0.29) is 11.8 Å². The predicted octanol–water partition coefficient (Wildman–Crippen LogP) is 3.19. The number of carbonyl (C=O) groups is 1. The van der Waals surface area contributed by atoms with E-state index >= 15 is 0 Å². The van der Waals surface area contributed by atoms with E-state index in [0.717, 1.165) is 30.8 Å². The average Bonchev–Trinajstić information content (AvgIpc) is 3.15. The van der Waals surface area contributed by atoms with Crippen LogP contribution < -0.4 is 0 Å². The van der Waals surface area contributed by atoms with Gasteiger partial charge in [-0.05, 0) is 50.4 Å². The number of hydrogen-bond donors (Lipinski definition) is 0. The quantitative estimate of drug-likeness (QED) is 0.830. The Morgan fingerprint density at radius 3 is 2.38 bits per heavy atom. The highest BCUT2D eigenvalue weighted by molar-refractivity contribution is 5.92. The average molecular weight is 351 g/mol. The number of aromatic nitrogens is 1. The highest BCUT2D eigenvalue weighted by Gasteiger charge is 2.52. The third-order valence-corrected chi connectivity index (χ3v) is 5.60. The molecule has 2 atom stereocenters. The molecule has 1 unspecified atom stereocenters. The van der Waals surface area contributed by atoms with Crippen molar-refractivity contribution in [3.63, 3.8) is 0 Å². The Kier molecular flexibility index (Phi) is 5.42. The maximum atomic E-state index is 13.7. The van der Waals surface area contributed by atoms with Crippen molar-refractivity contribution >= 4 is 5.91 Å². The number of amides is 1. The van der Waals surface area contributed by atoms with Crippen molar-refractivity contribution in [2.24, 2.45) is 5.92 Å². The van der Waals surface area contributed by atoms with Gasteiger partial charge < -0.3 is 9.80 Å². The molecule has 0 bridgehead atoms. The van der Waals surface area contributed by atoms with Gasteiger partial charge in [0.2, 0.25) is 5.91 Å². The van der Waals surface area contributed by atoms with Crippen molar-refractivity contribution in [2.45, 2.75) is 31.7 Å². The smallest absolute Gasteiger partial charge is 0.239 e. The van der Waals surface area contributed by atoms with Crippen LogP contribution in [0.2, 0.25) is 0 Å². The topological polar surface area (TPSA) is 36.4 Å². The van der Waals surface area contributed by atoms with Gasteiger partial charge >= 0.3 is 0 Å². The van der Waals surface area contributed by atoms with Crippen molar-refractivity contribution in [3.05, 3.63) is 66.0 Å². The summed E-state index contributed by atoms with van der Waals surface area (Å²) >= 11 is 0. The lowest BCUT2D eigenvalue weighted by atomic mass is 9.66. The number of hydrogen-bond acceptors (Lipinski definition) is 3. The summed E-state index contributed by atoms with van der Waals surface area (Å²) in [4.78, 5) is 22.6. The minimum Gasteiger partial charge on any atom is -0.348 e. The summed E-state index contributed by atoms with van der Waals surface area (Å²) in [5.74, 6) is 0.301. The molecular weight excluding hydrogens is 322 g/mol. The standard InChI is InChI=1S/C22H29N3O/c1-17(2)25-15-13-19(16-25)22(21(26)24(3)4,18-10-6-5-7-11-18)20-12-8-9-14-23-20/h5-12,14,17,19H,13,15-16H2,1-4H3/t19-,22?/m1/s1. The highest BCUT2D eigenvalue weighted by atomic mass is 16.2. The Morgan fingerprint density at radius 2 is 1.85 bits per heavy atom. The zero-order valence-corrected chi connectivity index (χ0v) is 16.2. The zero-order chi connectivity index (χ0) is 18.7. The molecule has 4 heteroatoms. The molecule has 1 amide bonds. The lowest BCUT2D eigenvalue weighted by Gasteiger charge is -2.40. The van der Waals surface area contributed by atoms with Crippen LogP contribution in [0.4, 0.5) is 0 Å². The molecule has 26 heavy (non-hydrogen) atoms. The molecule has 1 aromatic carbocycles. The van der Waals surface area contributed by atoms with Crippen molar-refractivity contribution in [2.75, 3.05) is 27.2 Å². The Morgan fingerprint density at radius 1 is 1.15 bits per heavy atom. The first kappa shape index (κ1) is 18.6. The van der Waals surface area contributed by atoms with Gasteiger partial charge in [0, 0.05) is 32.9 Å². The first-order chi connectivity index (χ1) is 12.5. The molecule has 0 aliphatic carbocycles. The van der Waals surface area contributed by atoms with Crippen LogP contribution in [0.15, 0.2) is 54.7 Å². The number of carbonyl (C=O) groups excluding carboxylic acids is 1. The second-order valence-corrected chi connectivity index (χ2v) is 7.66. The molecule has 138 valence electrons. The number of benzene rings is 1. The Bertz CT molecular complexity index is 688. The largest absolute Gasteiger partial charge is 0.348 e. The third-order valence-electron chi connectivity index (χ3n) is 5.60. The molecule has 0 radical (unpaired) electrons. The van der Waals surface area contributed by atoms with Gasteiger partial charge in [0.05, 0.1) is 5.69 Å². The Labute approximate surface area is 156 Å². The molecule has 0 spiro atoms. The first-order valence-corrected chi connectivity index (χ1v) is 9.40. The molecule has 4 nitrogen and oxygen atoms in total. The fourth-order valence-corrected chi connectivity index (χ4v) is 4.26. The summed E-state index contributed by atoms with van der Waals surface area (Å²) in [5.41, 5.74) is 1.13. The van der Waals surface area contributed by atoms with E-state index in [4.69, 9.17) is 0 Å². The normalized spacial score (nSPS) is 20.1. The van der Waals surface area contributed by atoms with Gasteiger partial charge in [-0.15, -0.1) is 0 Å². The highest BCUT2D eigenvalue weighted by Crippen LogP contribution is 2.44. The van der Waals surface area contributed by atoms with Crippen molar-refractivity contribution in [1.82, 2.24) is 14.8 Å². The number of pyridine rings is 1. The molecule has 1 aliphatic heterocycles. The Balaban J connectivity index is 2.21. The summed E-state index contributed by atoms with van der Waals surface area (Å²) < 4.78 is 0. The molecule has 1 aliphatic rings. The van der Waals surface area contributed by atoms with E-state index in [0.29, 0.717) is 6.04 Å². The van der Waals surface area contributed by atoms with Crippen LogP contribution in [0.5, 0.6) is 0 Å². The van der Waals surface area contributed by atoms with Crippen LogP contribution in [0.1, 0.15) is 31.5 Å². The molecule has 0 saturated carbocycles. The molecular formula is C22H29N3O. The van der Waals surface area contributed by atoms with E-state index in [1.807, 2.05) is 50.5 Å². The number of rotatable bonds is 5. The fourth-order valence-electron chi connectivity index (χ4n) is 4.26. The number of nitrogens with zero attached hydrogens (tertiary/aromatic N) is 3. The second kappa shape index (κ2) is 7.58. The summed E-state index contributed by atoms with van der Waals surface area (Å²) in [7, 11) is 3.69. The summed E-state index contributed by atoms with van der Waals surface area (Å²) in [6, 6.07) is 16.6. The lowest BCUT2D eigenvalue weighted by Crippen LogP contribution is -2.51. The monoisotopic (exact) mass is 351 g/mol. The SMILES string of the molecule is CC(C)N1CC[C@@H](C(C(=O)N(C)C)(c2ccccc2)c2ccccn2)C1.